The summed E-state index contributed by atoms with van der Waals surface area (Å²) in [5.74, 6) is 0.161. The molecule has 3 rings (SSSR count). The van der Waals surface area contributed by atoms with Crippen molar-refractivity contribution in [3.8, 4) is 0 Å². The fraction of sp³-hybridized carbons (Fsp3) is 0.545. The molecule has 0 aliphatic carbocycles. The second kappa shape index (κ2) is 6.46. The molecule has 2 aromatic heterocycles. The Hall–Kier alpha value is -1.86. The van der Waals surface area contributed by atoms with Gasteiger partial charge in [-0.1, -0.05) is 0 Å². The molecule has 1 fully saturated rings. The molecule has 2 aromatic rings. The number of aliphatic hydroxyl groups is 2. The second-order valence-corrected chi connectivity index (χ2v) is 6.56. The first-order chi connectivity index (χ1) is 11.7. The van der Waals surface area contributed by atoms with Crippen molar-refractivity contribution in [2.75, 3.05) is 19.0 Å². The largest absolute Gasteiger partial charge is 0.469 e. The number of nitrogens with zero attached hydrogens (tertiary/aromatic N) is 3. The maximum atomic E-state index is 11.9. The van der Waals surface area contributed by atoms with Crippen LogP contribution in [0.25, 0.3) is 11.2 Å². The molecule has 0 radical (unpaired) electrons. The van der Waals surface area contributed by atoms with E-state index in [2.05, 4.69) is 24.8 Å². The Kier molecular flexibility index (Phi) is 4.64. The van der Waals surface area contributed by atoms with Crippen molar-refractivity contribution in [2.24, 2.45) is 0 Å². The molecule has 4 atom stereocenters. The normalized spacial score (nSPS) is 27.1. The zero-order chi connectivity index (χ0) is 18.4. The molecule has 1 aliphatic rings. The van der Waals surface area contributed by atoms with Crippen LogP contribution in [0.4, 0.5) is 5.95 Å². The number of ether oxygens (including phenoxy) is 1. The minimum Gasteiger partial charge on any atom is -0.387 e. The monoisotopic (exact) mass is 377 g/mol. The van der Waals surface area contributed by atoms with Crippen LogP contribution in [0.2, 0.25) is 0 Å². The van der Waals surface area contributed by atoms with Gasteiger partial charge < -0.3 is 30.1 Å². The number of hydrogen-bond acceptors (Lipinski definition) is 9. The molecule has 138 valence electrons. The third kappa shape index (κ3) is 3.43. The summed E-state index contributed by atoms with van der Waals surface area (Å²) >= 11 is 0. The maximum Gasteiger partial charge on any atom is 0.469 e. The molecule has 0 saturated carbocycles. The van der Waals surface area contributed by atoms with Gasteiger partial charge in [0.2, 0.25) is 5.95 Å². The number of aliphatic hydroxyl groups excluding tert-OH is 2. The Bertz CT molecular complexity index is 877. The zero-order valence-electron chi connectivity index (χ0n) is 12.8. The average molecular weight is 377 g/mol. The molecule has 0 aromatic carbocycles. The number of rotatable bonds is 5. The highest BCUT2D eigenvalue weighted by Crippen LogP contribution is 2.38. The van der Waals surface area contributed by atoms with Crippen LogP contribution in [0, 0.1) is 0 Å². The van der Waals surface area contributed by atoms with E-state index < -0.39 is 44.5 Å². The van der Waals surface area contributed by atoms with E-state index in [0.29, 0.717) is 0 Å². The number of aromatic amines is 1. The first kappa shape index (κ1) is 17.9. The number of phosphoric ester groups is 1. The van der Waals surface area contributed by atoms with Gasteiger partial charge >= 0.3 is 7.82 Å². The maximum absolute atomic E-state index is 11.9. The van der Waals surface area contributed by atoms with E-state index in [-0.39, 0.29) is 17.1 Å². The molecule has 25 heavy (non-hydrogen) atoms. The van der Waals surface area contributed by atoms with E-state index in [4.69, 9.17) is 14.5 Å². The van der Waals surface area contributed by atoms with Gasteiger partial charge in [0.1, 0.15) is 18.3 Å². The quantitative estimate of drug-likeness (QED) is 0.312. The lowest BCUT2D eigenvalue weighted by molar-refractivity contribution is -0.0503. The topological polar surface area (TPSA) is 192 Å². The highest BCUT2D eigenvalue weighted by Gasteiger charge is 2.45. The van der Waals surface area contributed by atoms with Crippen molar-refractivity contribution < 1.29 is 33.8 Å². The van der Waals surface area contributed by atoms with Crippen LogP contribution in [0.15, 0.2) is 11.1 Å². The van der Waals surface area contributed by atoms with E-state index in [9.17, 15) is 19.6 Å². The van der Waals surface area contributed by atoms with Gasteiger partial charge in [-0.05, 0) is 0 Å². The van der Waals surface area contributed by atoms with Crippen molar-refractivity contribution in [3.63, 3.8) is 0 Å². The summed E-state index contributed by atoms with van der Waals surface area (Å²) in [6.07, 6.45) is -4.10. The third-order valence-corrected chi connectivity index (χ3v) is 4.17. The minimum absolute atomic E-state index is 0.000734. The Morgan fingerprint density at radius 1 is 1.44 bits per heavy atom. The van der Waals surface area contributed by atoms with Crippen LogP contribution in [-0.4, -0.2) is 71.5 Å². The van der Waals surface area contributed by atoms with Crippen molar-refractivity contribution in [1.82, 2.24) is 19.5 Å². The van der Waals surface area contributed by atoms with Gasteiger partial charge in [0.05, 0.1) is 12.9 Å². The average Bonchev–Trinajstić information content (AvgIpc) is 3.08. The first-order valence-electron chi connectivity index (χ1n) is 7.07. The molecule has 3 heterocycles. The Balaban J connectivity index is 1.91. The number of H-pyrrole nitrogens is 1. The van der Waals surface area contributed by atoms with Gasteiger partial charge in [0.15, 0.2) is 17.4 Å². The van der Waals surface area contributed by atoms with Crippen molar-refractivity contribution in [3.05, 3.63) is 16.7 Å². The molecule has 14 heteroatoms. The summed E-state index contributed by atoms with van der Waals surface area (Å²) < 4.78 is 21.8. The fourth-order valence-corrected chi connectivity index (χ4v) is 2.84. The SMILES string of the molecule is CNc1nc2c(ncn2[C@@H]2O[C@H](COP(=O)(O)O)[C@@H](O)[C@H]2O)c(=O)[nH]1. The van der Waals surface area contributed by atoms with Crippen LogP contribution in [0.1, 0.15) is 6.23 Å². The van der Waals surface area contributed by atoms with Gasteiger partial charge in [-0.25, -0.2) is 9.55 Å². The van der Waals surface area contributed by atoms with E-state index >= 15 is 0 Å². The van der Waals surface area contributed by atoms with Crippen LogP contribution in [-0.2, 0) is 13.8 Å². The van der Waals surface area contributed by atoms with Crippen molar-refractivity contribution in [1.29, 1.82) is 0 Å². The lowest BCUT2D eigenvalue weighted by atomic mass is 10.1. The summed E-state index contributed by atoms with van der Waals surface area (Å²) in [5, 5.41) is 22.9. The number of fused-ring (bicyclic) bond motifs is 1. The summed E-state index contributed by atoms with van der Waals surface area (Å²) in [6.45, 7) is -0.637. The summed E-state index contributed by atoms with van der Waals surface area (Å²) in [5.41, 5.74) is -0.414. The van der Waals surface area contributed by atoms with Gasteiger partial charge in [0.25, 0.3) is 5.56 Å². The number of anilines is 1. The van der Waals surface area contributed by atoms with Crippen LogP contribution < -0.4 is 10.9 Å². The highest BCUT2D eigenvalue weighted by molar-refractivity contribution is 7.46. The smallest absolute Gasteiger partial charge is 0.387 e. The fourth-order valence-electron chi connectivity index (χ4n) is 2.50. The summed E-state index contributed by atoms with van der Waals surface area (Å²) in [4.78, 5) is 39.9. The first-order valence-corrected chi connectivity index (χ1v) is 8.60. The summed E-state index contributed by atoms with van der Waals surface area (Å²) in [7, 11) is -3.21. The predicted octanol–water partition coefficient (Wildman–Crippen LogP) is -2.11. The number of phosphoric acid groups is 1. The Morgan fingerprint density at radius 3 is 2.80 bits per heavy atom. The number of nitrogens with one attached hydrogen (secondary N) is 2. The molecule has 0 amide bonds. The van der Waals surface area contributed by atoms with E-state index in [1.54, 1.807) is 7.05 Å². The van der Waals surface area contributed by atoms with Gasteiger partial charge in [-0.2, -0.15) is 4.98 Å². The lowest BCUT2D eigenvalue weighted by Gasteiger charge is -2.16. The van der Waals surface area contributed by atoms with Crippen LogP contribution in [0.3, 0.4) is 0 Å². The minimum atomic E-state index is -4.76. The molecule has 6 N–H and O–H groups in total. The van der Waals surface area contributed by atoms with Gasteiger partial charge in [0, 0.05) is 7.05 Å². The Morgan fingerprint density at radius 2 is 2.16 bits per heavy atom. The molecular formula is C11H16N5O8P. The van der Waals surface area contributed by atoms with Crippen molar-refractivity contribution in [2.45, 2.75) is 24.5 Å². The number of hydrogen-bond donors (Lipinski definition) is 6. The Labute approximate surface area is 139 Å². The highest BCUT2D eigenvalue weighted by atomic mass is 31.2. The molecule has 1 aliphatic heterocycles. The number of aromatic nitrogens is 4. The van der Waals surface area contributed by atoms with Gasteiger partial charge in [-0.3, -0.25) is 18.9 Å². The summed E-state index contributed by atoms with van der Waals surface area (Å²) in [6, 6.07) is 0. The standard InChI is InChI=1S/C11H16N5O8P/c1-12-11-14-8-5(9(19)15-11)13-3-16(8)10-7(18)6(17)4(24-10)2-23-25(20,21)22/h3-4,6-7,10,17-18H,2H2,1H3,(H2,20,21,22)(H2,12,14,15,19)/t4-,6-,7-,10-/m1/s1. The van der Waals surface area contributed by atoms with Crippen LogP contribution in [0.5, 0.6) is 0 Å². The van der Waals surface area contributed by atoms with E-state index in [0.717, 1.165) is 0 Å². The van der Waals surface area contributed by atoms with E-state index in [1.807, 2.05) is 0 Å². The lowest BCUT2D eigenvalue weighted by Crippen LogP contribution is -2.33. The van der Waals surface area contributed by atoms with Crippen LogP contribution >= 0.6 is 7.82 Å². The van der Waals surface area contributed by atoms with Crippen molar-refractivity contribution >= 4 is 24.9 Å². The van der Waals surface area contributed by atoms with E-state index in [1.165, 1.54) is 10.9 Å². The van der Waals surface area contributed by atoms with Gasteiger partial charge in [-0.15, -0.1) is 0 Å². The second-order valence-electron chi connectivity index (χ2n) is 5.32. The predicted molar refractivity (Wildman–Crippen MR) is 81.6 cm³/mol. The molecule has 0 unspecified atom stereocenters. The number of imidazole rings is 1. The molecule has 1 saturated heterocycles. The third-order valence-electron chi connectivity index (χ3n) is 3.69. The molecule has 0 spiro atoms. The molecule has 0 bridgehead atoms. The zero-order valence-corrected chi connectivity index (χ0v) is 13.7. The molecule has 13 nitrogen and oxygen atoms in total. The molecular weight excluding hydrogens is 361 g/mol.